The van der Waals surface area contributed by atoms with Gasteiger partial charge in [0.2, 0.25) is 0 Å². The normalized spacial score (nSPS) is 19.1. The maximum atomic E-state index is 13.3. The third-order valence-electron chi connectivity index (χ3n) is 6.62. The molecule has 1 amide bonds. The third kappa shape index (κ3) is 4.00. The summed E-state index contributed by atoms with van der Waals surface area (Å²) in [4.78, 5) is 33.4. The molecule has 3 aliphatic rings. The zero-order valence-electron chi connectivity index (χ0n) is 18.5. The zero-order chi connectivity index (χ0) is 22.1. The first-order chi connectivity index (χ1) is 15.6. The van der Waals surface area contributed by atoms with Crippen molar-refractivity contribution >= 4 is 28.8 Å². The van der Waals surface area contributed by atoms with Crippen molar-refractivity contribution in [3.8, 4) is 0 Å². The van der Waals surface area contributed by atoms with Crippen LogP contribution in [0, 0.1) is 6.92 Å². The maximum absolute atomic E-state index is 13.3. The molecule has 8 heteroatoms. The molecule has 2 aromatic rings. The van der Waals surface area contributed by atoms with Gasteiger partial charge in [-0.1, -0.05) is 0 Å². The van der Waals surface area contributed by atoms with Gasteiger partial charge in [-0.25, -0.2) is 0 Å². The fraction of sp³-hybridized carbons (Fsp3) is 0.500. The van der Waals surface area contributed by atoms with Crippen LogP contribution in [0.2, 0.25) is 0 Å². The molecule has 0 saturated carbocycles. The van der Waals surface area contributed by atoms with Gasteiger partial charge >= 0.3 is 0 Å². The van der Waals surface area contributed by atoms with Crippen LogP contribution in [0.5, 0.6) is 0 Å². The Balaban J connectivity index is 1.44. The number of aromatic nitrogens is 1. The Morgan fingerprint density at radius 3 is 2.38 bits per heavy atom. The van der Waals surface area contributed by atoms with Crippen LogP contribution in [0.15, 0.2) is 18.2 Å². The summed E-state index contributed by atoms with van der Waals surface area (Å²) in [6.07, 6.45) is 2.19. The van der Waals surface area contributed by atoms with E-state index < -0.39 is 0 Å². The average molecular weight is 439 g/mol. The number of carbonyl (C=O) groups is 2. The summed E-state index contributed by atoms with van der Waals surface area (Å²) < 4.78 is 11.0. The largest absolute Gasteiger partial charge is 0.378 e. The summed E-state index contributed by atoms with van der Waals surface area (Å²) in [6, 6.07) is 6.19. The summed E-state index contributed by atoms with van der Waals surface area (Å²) in [5, 5.41) is 3.11. The number of morpholine rings is 2. The first-order valence-corrected chi connectivity index (χ1v) is 11.5. The van der Waals surface area contributed by atoms with E-state index >= 15 is 0 Å². The van der Waals surface area contributed by atoms with Gasteiger partial charge in [0, 0.05) is 49.5 Å². The van der Waals surface area contributed by atoms with Crippen molar-refractivity contribution in [3.05, 3.63) is 40.7 Å². The molecule has 8 nitrogen and oxygen atoms in total. The molecule has 1 aliphatic carbocycles. The van der Waals surface area contributed by atoms with E-state index in [0.29, 0.717) is 30.9 Å². The van der Waals surface area contributed by atoms with Crippen LogP contribution in [-0.4, -0.2) is 69.3 Å². The molecule has 1 aromatic heterocycles. The van der Waals surface area contributed by atoms with E-state index in [-0.39, 0.29) is 11.7 Å². The number of amides is 1. The van der Waals surface area contributed by atoms with Crippen LogP contribution in [0.3, 0.4) is 0 Å². The van der Waals surface area contributed by atoms with Gasteiger partial charge in [0.05, 0.1) is 37.8 Å². The van der Waals surface area contributed by atoms with Crippen LogP contribution in [0.1, 0.15) is 44.9 Å². The number of Topliss-reactive ketones (excluding diaryl/α,β-unsaturated/α-hetero) is 1. The fourth-order valence-electron chi connectivity index (χ4n) is 4.90. The Morgan fingerprint density at radius 1 is 1.00 bits per heavy atom. The molecular weight excluding hydrogens is 408 g/mol. The number of nitrogens with zero attached hydrogens (tertiary/aromatic N) is 2. The summed E-state index contributed by atoms with van der Waals surface area (Å²) >= 11 is 0. The molecule has 3 heterocycles. The fourth-order valence-corrected chi connectivity index (χ4v) is 4.90. The number of ether oxygens (including phenoxy) is 2. The molecule has 0 bridgehead atoms. The van der Waals surface area contributed by atoms with Gasteiger partial charge in [-0.15, -0.1) is 0 Å². The lowest BCUT2D eigenvalue weighted by Gasteiger charge is -2.33. The lowest BCUT2D eigenvalue weighted by Crippen LogP contribution is -2.38. The smallest absolute Gasteiger partial charge is 0.272 e. The summed E-state index contributed by atoms with van der Waals surface area (Å²) in [5.74, 6) is -0.0822. The van der Waals surface area contributed by atoms with Crippen LogP contribution in [-0.2, 0) is 15.9 Å². The van der Waals surface area contributed by atoms with Crippen LogP contribution < -0.4 is 15.1 Å². The van der Waals surface area contributed by atoms with Gasteiger partial charge in [-0.05, 0) is 43.5 Å². The number of hydrogen-bond donors (Lipinski definition) is 2. The minimum atomic E-state index is -0.210. The first kappa shape index (κ1) is 21.0. The Labute approximate surface area is 187 Å². The predicted molar refractivity (Wildman–Crippen MR) is 123 cm³/mol. The number of hydrogen-bond acceptors (Lipinski definition) is 6. The van der Waals surface area contributed by atoms with Gasteiger partial charge in [-0.2, -0.15) is 0 Å². The molecule has 2 saturated heterocycles. The number of H-pyrrole nitrogens is 1. The standard InChI is InChI=1S/C24H30N4O4/c1-16-22-19(3-2-4-21(22)29)25-23(16)24(30)26-18-6-5-17(27-7-11-31-12-8-27)15-20(18)28-9-13-32-14-10-28/h5-6,15,25H,2-4,7-14H2,1H3,(H,26,30). The Hall–Kier alpha value is -2.84. The number of aromatic amines is 1. The van der Waals surface area contributed by atoms with E-state index in [1.807, 2.05) is 13.0 Å². The molecule has 2 fully saturated rings. The van der Waals surface area contributed by atoms with Crippen molar-refractivity contribution < 1.29 is 19.1 Å². The molecule has 1 aromatic carbocycles. The summed E-state index contributed by atoms with van der Waals surface area (Å²) in [5.41, 5.74) is 5.72. The highest BCUT2D eigenvalue weighted by atomic mass is 16.5. The quantitative estimate of drug-likeness (QED) is 0.764. The van der Waals surface area contributed by atoms with Crippen LogP contribution in [0.25, 0.3) is 0 Å². The van der Waals surface area contributed by atoms with Gasteiger partial charge in [0.15, 0.2) is 5.78 Å². The van der Waals surface area contributed by atoms with E-state index in [1.54, 1.807) is 0 Å². The second-order valence-corrected chi connectivity index (χ2v) is 8.61. The van der Waals surface area contributed by atoms with E-state index in [1.165, 1.54) is 0 Å². The van der Waals surface area contributed by atoms with Crippen molar-refractivity contribution in [2.75, 3.05) is 67.7 Å². The molecule has 2 N–H and O–H groups in total. The minimum absolute atomic E-state index is 0.128. The highest BCUT2D eigenvalue weighted by Crippen LogP contribution is 2.33. The molecule has 32 heavy (non-hydrogen) atoms. The summed E-state index contributed by atoms with van der Waals surface area (Å²) in [6.45, 7) is 7.91. The highest BCUT2D eigenvalue weighted by Gasteiger charge is 2.27. The Kier molecular flexibility index (Phi) is 5.89. The van der Waals surface area contributed by atoms with Gasteiger partial charge in [0.25, 0.3) is 5.91 Å². The molecule has 5 rings (SSSR count). The van der Waals surface area contributed by atoms with Crippen molar-refractivity contribution in [1.82, 2.24) is 4.98 Å². The number of carbonyl (C=O) groups excluding carboxylic acids is 2. The van der Waals surface area contributed by atoms with Gasteiger partial charge in [0.1, 0.15) is 5.69 Å². The van der Waals surface area contributed by atoms with E-state index in [2.05, 4.69) is 32.2 Å². The topological polar surface area (TPSA) is 86.9 Å². The average Bonchev–Trinajstić information content (AvgIpc) is 3.18. The Bertz CT molecular complexity index is 1020. The first-order valence-electron chi connectivity index (χ1n) is 11.5. The number of nitrogens with one attached hydrogen (secondary N) is 2. The number of rotatable bonds is 4. The number of ketones is 1. The molecular formula is C24H30N4O4. The molecule has 0 radical (unpaired) electrons. The lowest BCUT2D eigenvalue weighted by molar-refractivity contribution is 0.0971. The number of aryl methyl sites for hydroxylation is 1. The number of benzene rings is 1. The third-order valence-corrected chi connectivity index (χ3v) is 6.62. The molecule has 0 atom stereocenters. The number of anilines is 3. The summed E-state index contributed by atoms with van der Waals surface area (Å²) in [7, 11) is 0. The molecule has 2 aliphatic heterocycles. The van der Waals surface area contributed by atoms with Crippen molar-refractivity contribution in [2.24, 2.45) is 0 Å². The minimum Gasteiger partial charge on any atom is -0.378 e. The monoisotopic (exact) mass is 438 g/mol. The molecule has 0 spiro atoms. The maximum Gasteiger partial charge on any atom is 0.272 e. The van der Waals surface area contributed by atoms with Crippen LogP contribution >= 0.6 is 0 Å². The lowest BCUT2D eigenvalue weighted by atomic mass is 9.94. The number of fused-ring (bicyclic) bond motifs is 1. The predicted octanol–water partition coefficient (Wildman–Crippen LogP) is 2.77. The van der Waals surface area contributed by atoms with E-state index in [0.717, 1.165) is 80.6 Å². The second-order valence-electron chi connectivity index (χ2n) is 8.61. The highest BCUT2D eigenvalue weighted by molar-refractivity contribution is 6.09. The van der Waals surface area contributed by atoms with Crippen molar-refractivity contribution in [2.45, 2.75) is 26.2 Å². The van der Waals surface area contributed by atoms with E-state index in [9.17, 15) is 9.59 Å². The zero-order valence-corrected chi connectivity index (χ0v) is 18.5. The van der Waals surface area contributed by atoms with Crippen LogP contribution in [0.4, 0.5) is 17.1 Å². The van der Waals surface area contributed by atoms with Crippen molar-refractivity contribution in [3.63, 3.8) is 0 Å². The Morgan fingerprint density at radius 2 is 1.69 bits per heavy atom. The van der Waals surface area contributed by atoms with Crippen molar-refractivity contribution in [1.29, 1.82) is 0 Å². The van der Waals surface area contributed by atoms with E-state index in [4.69, 9.17) is 9.47 Å². The SMILES string of the molecule is Cc1c(C(=O)Nc2ccc(N3CCOCC3)cc2N2CCOCC2)[nH]c2c1C(=O)CCC2. The van der Waals surface area contributed by atoms with Gasteiger partial charge in [-0.3, -0.25) is 9.59 Å². The molecule has 170 valence electrons. The van der Waals surface area contributed by atoms with Gasteiger partial charge < -0.3 is 29.6 Å². The molecule has 0 unspecified atom stereocenters. The second kappa shape index (κ2) is 8.96.